The van der Waals surface area contributed by atoms with Gasteiger partial charge in [0.25, 0.3) is 0 Å². The normalized spacial score (nSPS) is 10.3. The number of anilines is 2. The third-order valence-corrected chi connectivity index (χ3v) is 3.42. The van der Waals surface area contributed by atoms with E-state index in [9.17, 15) is 0 Å². The lowest BCUT2D eigenvalue weighted by molar-refractivity contribution is 0.991. The standard InChI is InChI=1S/C16H15N6/c1-11-18-15-6-4-3-5-14(15)16(19-11)22(2)13-9-7-12(8-10-13)20-21-17/h3-10,17H,1-2H3/q+1. The van der Waals surface area contributed by atoms with E-state index in [2.05, 4.69) is 20.0 Å². The molecule has 6 nitrogen and oxygen atoms in total. The van der Waals surface area contributed by atoms with E-state index in [4.69, 9.17) is 5.53 Å². The van der Waals surface area contributed by atoms with Crippen LogP contribution in [0, 0.1) is 12.5 Å². The first-order valence-corrected chi connectivity index (χ1v) is 6.83. The van der Waals surface area contributed by atoms with Crippen molar-refractivity contribution in [3.63, 3.8) is 0 Å². The molecule has 0 amide bonds. The molecule has 3 rings (SSSR count). The highest BCUT2D eigenvalue weighted by Gasteiger charge is 2.12. The van der Waals surface area contributed by atoms with Gasteiger partial charge in [0.05, 0.1) is 5.52 Å². The molecule has 6 heteroatoms. The summed E-state index contributed by atoms with van der Waals surface area (Å²) in [6.07, 6.45) is 0. The molecule has 0 radical (unpaired) electrons. The Kier molecular flexibility index (Phi) is 3.60. The lowest BCUT2D eigenvalue weighted by atomic mass is 10.2. The van der Waals surface area contributed by atoms with E-state index in [-0.39, 0.29) is 0 Å². The molecular weight excluding hydrogens is 276 g/mol. The first-order chi connectivity index (χ1) is 10.7. The number of aryl methyl sites for hydroxylation is 1. The Labute approximate surface area is 127 Å². The predicted molar refractivity (Wildman–Crippen MR) is 85.7 cm³/mol. The van der Waals surface area contributed by atoms with Crippen molar-refractivity contribution in [2.75, 3.05) is 11.9 Å². The summed E-state index contributed by atoms with van der Waals surface area (Å²) in [5, 5.41) is 4.70. The summed E-state index contributed by atoms with van der Waals surface area (Å²) in [5.74, 6) is 1.60. The van der Waals surface area contributed by atoms with Crippen LogP contribution in [0.15, 0.2) is 53.6 Å². The Morgan fingerprint density at radius 1 is 1.05 bits per heavy atom. The van der Waals surface area contributed by atoms with Crippen molar-refractivity contribution in [3.05, 3.63) is 54.4 Å². The molecule has 0 unspecified atom stereocenters. The minimum Gasteiger partial charge on any atom is -0.329 e. The molecule has 22 heavy (non-hydrogen) atoms. The molecule has 0 saturated heterocycles. The molecule has 0 bridgehead atoms. The highest BCUT2D eigenvalue weighted by Crippen LogP contribution is 2.29. The van der Waals surface area contributed by atoms with Crippen LogP contribution in [-0.2, 0) is 0 Å². The smallest absolute Gasteiger partial charge is 0.220 e. The summed E-state index contributed by atoms with van der Waals surface area (Å²) < 4.78 is 0. The van der Waals surface area contributed by atoms with Gasteiger partial charge in [-0.2, -0.15) is 0 Å². The highest BCUT2D eigenvalue weighted by atomic mass is 15.2. The fraction of sp³-hybridized carbons (Fsp3) is 0.125. The summed E-state index contributed by atoms with van der Waals surface area (Å²) in [5.41, 5.74) is 9.31. The fourth-order valence-electron chi connectivity index (χ4n) is 2.35. The Balaban J connectivity index is 2.08. The number of fused-ring (bicyclic) bond motifs is 1. The Bertz CT molecular complexity index is 865. The lowest BCUT2D eigenvalue weighted by Gasteiger charge is -2.20. The van der Waals surface area contributed by atoms with Crippen molar-refractivity contribution in [1.82, 2.24) is 14.9 Å². The maximum atomic E-state index is 6.76. The average Bonchev–Trinajstić information content (AvgIpc) is 2.54. The van der Waals surface area contributed by atoms with Crippen LogP contribution in [0.25, 0.3) is 10.9 Å². The molecule has 1 aromatic heterocycles. The van der Waals surface area contributed by atoms with Crippen LogP contribution in [-0.4, -0.2) is 17.0 Å². The van der Waals surface area contributed by atoms with Crippen LogP contribution in [0.1, 0.15) is 5.82 Å². The van der Waals surface area contributed by atoms with Gasteiger partial charge in [-0.1, -0.05) is 12.1 Å². The molecule has 108 valence electrons. The molecule has 1 heterocycles. The first-order valence-electron chi connectivity index (χ1n) is 6.83. The van der Waals surface area contributed by atoms with Crippen LogP contribution < -0.4 is 9.81 Å². The molecule has 0 atom stereocenters. The van der Waals surface area contributed by atoms with E-state index < -0.39 is 0 Å². The van der Waals surface area contributed by atoms with Gasteiger partial charge < -0.3 is 4.90 Å². The van der Waals surface area contributed by atoms with E-state index >= 15 is 0 Å². The third-order valence-electron chi connectivity index (χ3n) is 3.42. The van der Waals surface area contributed by atoms with E-state index in [0.717, 1.165) is 28.2 Å². The largest absolute Gasteiger partial charge is 0.329 e. The summed E-state index contributed by atoms with van der Waals surface area (Å²) in [7, 11) is 1.97. The van der Waals surface area contributed by atoms with Gasteiger partial charge in [-0.15, -0.1) is 0 Å². The number of aromatic nitrogens is 2. The fourth-order valence-corrected chi connectivity index (χ4v) is 2.35. The van der Waals surface area contributed by atoms with Gasteiger partial charge in [0.2, 0.25) is 4.91 Å². The van der Waals surface area contributed by atoms with Crippen molar-refractivity contribution in [3.8, 4) is 0 Å². The van der Waals surface area contributed by atoms with Crippen LogP contribution in [0.3, 0.4) is 0 Å². The van der Waals surface area contributed by atoms with Gasteiger partial charge in [0.1, 0.15) is 17.2 Å². The molecule has 1 N–H and O–H groups in total. The van der Waals surface area contributed by atoms with Crippen molar-refractivity contribution in [2.24, 2.45) is 5.11 Å². The summed E-state index contributed by atoms with van der Waals surface area (Å²) in [6.45, 7) is 1.89. The SMILES string of the molecule is Cc1nc(N(C)c2ccc(N=[N+]=N)cc2)c2ccccc2n1. The van der Waals surface area contributed by atoms with Crippen LogP contribution >= 0.6 is 0 Å². The Morgan fingerprint density at radius 3 is 2.50 bits per heavy atom. The number of nitrogens with zero attached hydrogens (tertiary/aromatic N) is 5. The number of para-hydroxylation sites is 1. The van der Waals surface area contributed by atoms with Crippen molar-refractivity contribution < 1.29 is 0 Å². The van der Waals surface area contributed by atoms with Crippen molar-refractivity contribution >= 4 is 28.1 Å². The first kappa shape index (κ1) is 13.9. The maximum Gasteiger partial charge on any atom is 0.220 e. The van der Waals surface area contributed by atoms with E-state index in [1.807, 2.05) is 67.4 Å². The van der Waals surface area contributed by atoms with E-state index in [0.29, 0.717) is 5.69 Å². The second-order valence-corrected chi connectivity index (χ2v) is 4.89. The quantitative estimate of drug-likeness (QED) is 0.587. The zero-order chi connectivity index (χ0) is 15.5. The van der Waals surface area contributed by atoms with Gasteiger partial charge in [-0.3, -0.25) is 0 Å². The van der Waals surface area contributed by atoms with Gasteiger partial charge in [-0.05, 0) is 43.3 Å². The lowest BCUT2D eigenvalue weighted by Crippen LogP contribution is -2.12. The molecule has 0 saturated carbocycles. The van der Waals surface area contributed by atoms with E-state index in [1.54, 1.807) is 0 Å². The molecule has 3 aromatic rings. The second-order valence-electron chi connectivity index (χ2n) is 4.89. The van der Waals surface area contributed by atoms with Crippen LogP contribution in [0.4, 0.5) is 17.2 Å². The average molecular weight is 291 g/mol. The van der Waals surface area contributed by atoms with Crippen molar-refractivity contribution in [2.45, 2.75) is 6.92 Å². The molecular formula is C16H15N6+. The molecule has 0 aliphatic heterocycles. The molecule has 0 aliphatic carbocycles. The minimum atomic E-state index is 0.649. The van der Waals surface area contributed by atoms with Gasteiger partial charge in [-0.25, -0.2) is 9.97 Å². The van der Waals surface area contributed by atoms with Crippen molar-refractivity contribution in [1.29, 1.82) is 5.53 Å². The summed E-state index contributed by atoms with van der Waals surface area (Å²) in [6, 6.07) is 15.4. The summed E-state index contributed by atoms with van der Waals surface area (Å²) >= 11 is 0. The summed E-state index contributed by atoms with van der Waals surface area (Å²) in [4.78, 5) is 14.1. The minimum absolute atomic E-state index is 0.649. The topological polar surface area (TPSA) is 79.3 Å². The molecule has 0 aliphatic rings. The number of rotatable bonds is 3. The van der Waals surface area contributed by atoms with Gasteiger partial charge in [0, 0.05) is 18.1 Å². The third kappa shape index (κ3) is 2.55. The number of hydrogen-bond donors (Lipinski definition) is 1. The van der Waals surface area contributed by atoms with Crippen LogP contribution in [0.5, 0.6) is 0 Å². The molecule has 2 aromatic carbocycles. The number of benzene rings is 2. The predicted octanol–water partition coefficient (Wildman–Crippen LogP) is 3.89. The number of nitrogens with one attached hydrogen (secondary N) is 1. The molecule has 0 spiro atoms. The Morgan fingerprint density at radius 2 is 1.77 bits per heavy atom. The van der Waals surface area contributed by atoms with Crippen LogP contribution in [0.2, 0.25) is 0 Å². The van der Waals surface area contributed by atoms with E-state index in [1.165, 1.54) is 0 Å². The zero-order valence-electron chi connectivity index (χ0n) is 12.4. The monoisotopic (exact) mass is 291 g/mol. The zero-order valence-corrected chi connectivity index (χ0v) is 12.4. The highest BCUT2D eigenvalue weighted by molar-refractivity contribution is 5.91. The number of hydrogen-bond acceptors (Lipinski definition) is 5. The maximum absolute atomic E-state index is 6.76. The van der Waals surface area contributed by atoms with Gasteiger partial charge in [0.15, 0.2) is 10.8 Å². The second kappa shape index (κ2) is 5.71. The van der Waals surface area contributed by atoms with Gasteiger partial charge >= 0.3 is 0 Å². The molecule has 0 fully saturated rings. The Hall–Kier alpha value is -3.11.